The van der Waals surface area contributed by atoms with Gasteiger partial charge in [0.1, 0.15) is 5.56 Å². The number of aryl methyl sites for hydroxylation is 1. The van der Waals surface area contributed by atoms with Crippen LogP contribution in [0.25, 0.3) is 22.2 Å². The van der Waals surface area contributed by atoms with Crippen molar-refractivity contribution in [2.75, 3.05) is 0 Å². The highest BCUT2D eigenvalue weighted by Crippen LogP contribution is 2.36. The van der Waals surface area contributed by atoms with E-state index in [1.165, 1.54) is 0 Å². The highest BCUT2D eigenvalue weighted by molar-refractivity contribution is 6.05. The number of nitrogens with zero attached hydrogens (tertiary/aromatic N) is 2. The van der Waals surface area contributed by atoms with Crippen molar-refractivity contribution in [2.45, 2.75) is 33.8 Å². The monoisotopic (exact) mass is 294 g/mol. The Balaban J connectivity index is 2.34. The first-order chi connectivity index (χ1) is 10.5. The van der Waals surface area contributed by atoms with E-state index in [1.807, 2.05) is 52.0 Å². The minimum absolute atomic E-state index is 0.181. The number of ether oxygens (including phenoxy) is 1. The lowest BCUT2D eigenvalue weighted by Gasteiger charge is -2.08. The van der Waals surface area contributed by atoms with Crippen LogP contribution in [0.1, 0.15) is 35.5 Å². The molecule has 0 aliphatic carbocycles. The van der Waals surface area contributed by atoms with Crippen LogP contribution >= 0.6 is 0 Å². The first-order valence-electron chi connectivity index (χ1n) is 7.34. The average Bonchev–Trinajstić information content (AvgIpc) is 2.79. The molecule has 4 nitrogen and oxygen atoms in total. The maximum absolute atomic E-state index is 12.4. The van der Waals surface area contributed by atoms with Gasteiger partial charge in [0.25, 0.3) is 0 Å². The lowest BCUT2D eigenvalue weighted by atomic mass is 10.0. The molecule has 1 aromatic rings. The molecule has 1 aromatic carbocycles. The van der Waals surface area contributed by atoms with E-state index in [9.17, 15) is 4.79 Å². The number of carbonyl (C=O) groups excluding carboxylic acids is 1. The van der Waals surface area contributed by atoms with Gasteiger partial charge >= 0.3 is 5.97 Å². The maximum atomic E-state index is 12.4. The molecule has 0 saturated carbocycles. The molecule has 0 N–H and O–H groups in total. The van der Waals surface area contributed by atoms with Crippen molar-refractivity contribution in [3.63, 3.8) is 0 Å². The summed E-state index contributed by atoms with van der Waals surface area (Å²) in [7, 11) is 0. The van der Waals surface area contributed by atoms with Crippen molar-refractivity contribution in [3.8, 4) is 11.3 Å². The zero-order valence-corrected chi connectivity index (χ0v) is 13.2. The van der Waals surface area contributed by atoms with E-state index in [0.717, 1.165) is 27.7 Å². The van der Waals surface area contributed by atoms with Gasteiger partial charge in [-0.25, -0.2) is 9.78 Å². The van der Waals surface area contributed by atoms with Gasteiger partial charge < -0.3 is 4.74 Å². The van der Waals surface area contributed by atoms with Gasteiger partial charge in [0.2, 0.25) is 0 Å². The third-order valence-electron chi connectivity index (χ3n) is 3.77. The minimum atomic E-state index is -0.384. The lowest BCUT2D eigenvalue weighted by molar-refractivity contribution is 0.0378. The molecule has 2 heterocycles. The fourth-order valence-corrected chi connectivity index (χ4v) is 2.59. The van der Waals surface area contributed by atoms with Crippen LogP contribution < -0.4 is 0 Å². The summed E-state index contributed by atoms with van der Waals surface area (Å²) in [5.41, 5.74) is 4.84. The largest absolute Gasteiger partial charge is 0.459 e. The number of aromatic nitrogens is 2. The second-order valence-corrected chi connectivity index (χ2v) is 5.69. The Morgan fingerprint density at radius 2 is 1.91 bits per heavy atom. The van der Waals surface area contributed by atoms with Crippen LogP contribution in [0, 0.1) is 13.8 Å². The third kappa shape index (κ3) is 2.30. The van der Waals surface area contributed by atoms with Crippen molar-refractivity contribution >= 4 is 16.9 Å². The van der Waals surface area contributed by atoms with Gasteiger partial charge in [-0.15, -0.1) is 0 Å². The quantitative estimate of drug-likeness (QED) is 0.672. The summed E-state index contributed by atoms with van der Waals surface area (Å²) in [6, 6.07) is 7.90. The third-order valence-corrected chi connectivity index (χ3v) is 3.77. The molecule has 0 spiro atoms. The summed E-state index contributed by atoms with van der Waals surface area (Å²) < 4.78 is 5.34. The first kappa shape index (κ1) is 14.4. The molecular formula is C18H18N2O2. The van der Waals surface area contributed by atoms with E-state index in [1.54, 1.807) is 6.20 Å². The van der Waals surface area contributed by atoms with E-state index in [4.69, 9.17) is 4.74 Å². The Morgan fingerprint density at radius 3 is 2.64 bits per heavy atom. The van der Waals surface area contributed by atoms with E-state index in [2.05, 4.69) is 9.97 Å². The number of carbonyl (C=O) groups is 1. The zero-order chi connectivity index (χ0) is 15.9. The Labute approximate surface area is 129 Å². The number of hydrogen-bond acceptors (Lipinski definition) is 4. The van der Waals surface area contributed by atoms with Crippen molar-refractivity contribution in [1.29, 1.82) is 0 Å². The van der Waals surface area contributed by atoms with Gasteiger partial charge in [-0.05, 0) is 39.3 Å². The molecule has 0 fully saturated rings. The average molecular weight is 294 g/mol. The van der Waals surface area contributed by atoms with Crippen molar-refractivity contribution < 1.29 is 9.53 Å². The molecule has 4 heteroatoms. The summed E-state index contributed by atoms with van der Waals surface area (Å²) in [6.07, 6.45) is 1.39. The smallest absolute Gasteiger partial charge is 0.342 e. The molecule has 2 aliphatic rings. The van der Waals surface area contributed by atoms with Crippen molar-refractivity contribution in [1.82, 2.24) is 9.97 Å². The molecule has 0 aromatic heterocycles. The van der Waals surface area contributed by atoms with E-state index >= 15 is 0 Å². The second-order valence-electron chi connectivity index (χ2n) is 5.69. The highest BCUT2D eigenvalue weighted by atomic mass is 16.5. The molecule has 0 atom stereocenters. The number of para-hydroxylation sites is 1. The van der Waals surface area contributed by atoms with Crippen molar-refractivity contribution in [3.05, 3.63) is 47.3 Å². The summed E-state index contributed by atoms with van der Waals surface area (Å²) in [6.45, 7) is 7.61. The number of hydrogen-bond donors (Lipinski definition) is 0. The van der Waals surface area contributed by atoms with E-state index in [-0.39, 0.29) is 12.1 Å². The SMILES string of the molecule is Cc1ncc(C(=O)OC(C)C)c2nc3ccccc3c-2c1C. The predicted octanol–water partition coefficient (Wildman–Crippen LogP) is 3.92. The van der Waals surface area contributed by atoms with Crippen molar-refractivity contribution in [2.24, 2.45) is 0 Å². The van der Waals surface area contributed by atoms with Crippen LogP contribution in [0.15, 0.2) is 30.5 Å². The molecule has 3 rings (SSSR count). The zero-order valence-electron chi connectivity index (χ0n) is 13.2. The fraction of sp³-hybridized carbons (Fsp3) is 0.278. The molecule has 0 saturated heterocycles. The molecule has 0 amide bonds. The van der Waals surface area contributed by atoms with Crippen LogP contribution in [0.4, 0.5) is 0 Å². The summed E-state index contributed by atoms with van der Waals surface area (Å²) in [5, 5.41) is 1.04. The second kappa shape index (κ2) is 5.37. The Kier molecular flexibility index (Phi) is 3.53. The van der Waals surface area contributed by atoms with Gasteiger partial charge in [-0.3, -0.25) is 4.98 Å². The Bertz CT molecular complexity index is 840. The minimum Gasteiger partial charge on any atom is -0.459 e. The number of rotatable bonds is 2. The standard InChI is InChI=1S/C18H18N2O2/c1-10(2)22-18(21)14-9-19-12(4)11(3)16-13-7-5-6-8-15(13)20-17(14)16/h5-10H,1-4H3. The maximum Gasteiger partial charge on any atom is 0.342 e. The van der Waals surface area contributed by atoms with Gasteiger partial charge in [0.15, 0.2) is 0 Å². The Hall–Kier alpha value is -2.49. The van der Waals surface area contributed by atoms with Crippen LogP contribution in [-0.2, 0) is 4.74 Å². The molecule has 0 unspecified atom stereocenters. The number of fused-ring (bicyclic) bond motifs is 3. The van der Waals surface area contributed by atoms with Gasteiger partial charge in [0.05, 0.1) is 17.3 Å². The van der Waals surface area contributed by atoms with Gasteiger partial charge in [-0.1, -0.05) is 18.2 Å². The molecule has 112 valence electrons. The van der Waals surface area contributed by atoms with Gasteiger partial charge in [0, 0.05) is 22.8 Å². The summed E-state index contributed by atoms with van der Waals surface area (Å²) >= 11 is 0. The molecule has 0 radical (unpaired) electrons. The van der Waals surface area contributed by atoms with Crippen LogP contribution in [0.2, 0.25) is 0 Å². The number of esters is 1. The normalized spacial score (nSPS) is 11.3. The Morgan fingerprint density at radius 1 is 1.18 bits per heavy atom. The molecule has 2 aliphatic heterocycles. The van der Waals surface area contributed by atoms with E-state index < -0.39 is 0 Å². The van der Waals surface area contributed by atoms with Crippen LogP contribution in [0.5, 0.6) is 0 Å². The number of benzene rings is 1. The highest BCUT2D eigenvalue weighted by Gasteiger charge is 2.23. The predicted molar refractivity (Wildman–Crippen MR) is 86.2 cm³/mol. The first-order valence-corrected chi connectivity index (χ1v) is 7.34. The molecule has 22 heavy (non-hydrogen) atoms. The summed E-state index contributed by atoms with van der Waals surface area (Å²) in [5.74, 6) is -0.384. The molecular weight excluding hydrogens is 276 g/mol. The molecule has 0 bridgehead atoms. The topological polar surface area (TPSA) is 52.1 Å². The van der Waals surface area contributed by atoms with Gasteiger partial charge in [-0.2, -0.15) is 0 Å². The lowest BCUT2D eigenvalue weighted by Crippen LogP contribution is -2.12. The van der Waals surface area contributed by atoms with E-state index in [0.29, 0.717) is 11.3 Å². The summed E-state index contributed by atoms with van der Waals surface area (Å²) in [4.78, 5) is 21.4. The van der Waals surface area contributed by atoms with Crippen LogP contribution in [-0.4, -0.2) is 22.0 Å². The fourth-order valence-electron chi connectivity index (χ4n) is 2.59. The van der Waals surface area contributed by atoms with Crippen LogP contribution in [0.3, 0.4) is 0 Å².